The number of carboxylic acids is 2. The van der Waals surface area contributed by atoms with E-state index in [0.717, 1.165) is 9.44 Å². The molecule has 0 amide bonds. The van der Waals surface area contributed by atoms with Crippen LogP contribution in [0.4, 0.5) is 0 Å². The van der Waals surface area contributed by atoms with Crippen LogP contribution in [0.2, 0.25) is 0 Å². The number of rotatable bonds is 30. The van der Waals surface area contributed by atoms with Gasteiger partial charge in [0.25, 0.3) is 0 Å². The molecule has 5 fully saturated rings. The molecule has 52 nitrogen and oxygen atoms in total. The SMILES string of the molecule is [2H][C@@]1(O[C@@H]2[C@H](OS(=O)(=O)[O-])[C@@H](NS(=O)(=O)[O-])[C@@H](O[C@H]3[C@H](O)[C@@H](OS(=O)(=O)[O-])[C@H](O[C@H]4[C@H](O)[C@@H](NS(=O)(=O)[O-])[C@@H](OC)O[C@@H]4COS(=O)(=O)[O-])O[C@H]3C(=O)[O-])O[C@@H]2COS(=O)(=O)[O-])O[C@]([2H])(C(=O)[O-])[C@@]([2H])(O[C@H]2O[C@H](COS(=O)(=O)[O-])[C@@H](O)[C@H](O)[C@H]2NS(=O)(=O)[O-])[C@]([2H])(O)[C@]1([2H])O.[Na+].[Na+].[Na+].[Na+].[Na+].[Na+].[Na+].[Na+].[Na+].[Na+]. The molecule has 0 spiro atoms. The summed E-state index contributed by atoms with van der Waals surface area (Å²) >= 11 is 0. The number of carbonyl (C=O) groups is 2. The van der Waals surface area contributed by atoms with Gasteiger partial charge in [0.05, 0.1) is 38.6 Å². The number of nitrogens with one attached hydrogen (secondary N) is 3. The fourth-order valence-electron chi connectivity index (χ4n) is 8.36. The van der Waals surface area contributed by atoms with Crippen molar-refractivity contribution in [1.29, 1.82) is 0 Å². The molecule has 9 N–H and O–H groups in total. The maximum absolute atomic E-state index is 13.0. The van der Waals surface area contributed by atoms with Crippen molar-refractivity contribution in [2.75, 3.05) is 26.9 Å². The molecule has 25 atom stereocenters. The fraction of sp³-hybridized carbons (Fsp3) is 0.935. The zero-order chi connectivity index (χ0) is 74.1. The van der Waals surface area contributed by atoms with Crippen LogP contribution in [0.3, 0.4) is 0 Å². The molecule has 70 heteroatoms. The van der Waals surface area contributed by atoms with Crippen LogP contribution in [-0.2, 0) is 161 Å². The third-order valence-electron chi connectivity index (χ3n) is 11.7. The predicted octanol–water partition coefficient (Wildman–Crippen LogP) is -49.1. The number of carboxylic acid groups (broad SMARTS) is 2. The van der Waals surface area contributed by atoms with Gasteiger partial charge in [-0.25, -0.2) is 81.5 Å². The largest absolute Gasteiger partial charge is 1.00 e. The van der Waals surface area contributed by atoms with Gasteiger partial charge in [0.1, 0.15) is 116 Å². The molecular formula is C31H43N3Na10O49S8. The van der Waals surface area contributed by atoms with Crippen LogP contribution in [0.5, 0.6) is 0 Å². The minimum absolute atomic E-state index is 0. The number of ether oxygens (including phenoxy) is 10. The van der Waals surface area contributed by atoms with E-state index < -0.39 is 268 Å². The molecule has 5 saturated heterocycles. The predicted molar refractivity (Wildman–Crippen MR) is 242 cm³/mol. The number of hydrogen-bond donors (Lipinski definition) is 9. The number of hydrogen-bond acceptors (Lipinski definition) is 49. The first-order valence-electron chi connectivity index (χ1n) is 25.3. The topological polar surface area (TPSA) is 834 Å². The summed E-state index contributed by atoms with van der Waals surface area (Å²) in [5.74, 6) is -6.54. The second-order valence-corrected chi connectivity index (χ2v) is 26.4. The van der Waals surface area contributed by atoms with Gasteiger partial charge in [0, 0.05) is 7.11 Å². The quantitative estimate of drug-likeness (QED) is 0.0183. The minimum atomic E-state index is -6.96. The molecule has 0 aromatic rings. The smallest absolute Gasteiger partial charge is 0.735 e. The molecular weight excluding hydrogens is 1680 g/mol. The van der Waals surface area contributed by atoms with E-state index >= 15 is 0 Å². The van der Waals surface area contributed by atoms with Gasteiger partial charge in [0.15, 0.2) is 68.4 Å². The summed E-state index contributed by atoms with van der Waals surface area (Å²) in [7, 11) is -49.8. The third-order valence-corrected chi connectivity index (χ3v) is 15.6. The van der Waals surface area contributed by atoms with Crippen LogP contribution >= 0.6 is 0 Å². The molecule has 5 aliphatic heterocycles. The van der Waals surface area contributed by atoms with E-state index in [1.807, 2.05) is 0 Å². The molecule has 0 bridgehead atoms. The van der Waals surface area contributed by atoms with Crippen LogP contribution < -0.4 is 320 Å². The van der Waals surface area contributed by atoms with E-state index in [4.69, 9.17) is 49.5 Å². The average Bonchev–Trinajstić information content (AvgIpc) is 0.675. The van der Waals surface area contributed by atoms with Crippen molar-refractivity contribution in [3.63, 3.8) is 0 Å². The monoisotopic (exact) mass is 1730 g/mol. The Balaban J connectivity index is -0.00000250. The molecule has 0 aromatic heterocycles. The number of carbonyl (C=O) groups excluding carboxylic acids is 2. The van der Waals surface area contributed by atoms with E-state index in [1.165, 1.54) is 4.72 Å². The molecule has 5 heterocycles. The van der Waals surface area contributed by atoms with E-state index in [0.29, 0.717) is 7.11 Å². The number of aliphatic hydroxyl groups excluding tert-OH is 4. The van der Waals surface area contributed by atoms with Crippen molar-refractivity contribution in [3.05, 3.63) is 0 Å². The number of aliphatic carboxylic acids is 2. The Kier molecular flexibility index (Phi) is 52.5. The zero-order valence-electron chi connectivity index (χ0n) is 58.2. The molecule has 0 radical (unpaired) electrons. The Labute approximate surface area is 800 Å². The van der Waals surface area contributed by atoms with Crippen LogP contribution in [0.1, 0.15) is 6.85 Å². The molecule has 101 heavy (non-hydrogen) atoms. The van der Waals surface area contributed by atoms with Gasteiger partial charge >= 0.3 is 296 Å². The van der Waals surface area contributed by atoms with Gasteiger partial charge in [-0.05, 0) is 0 Å². The van der Waals surface area contributed by atoms with Gasteiger partial charge in [-0.15, -0.1) is 0 Å². The van der Waals surface area contributed by atoms with Crippen molar-refractivity contribution < 1.29 is 525 Å². The summed E-state index contributed by atoms with van der Waals surface area (Å²) in [6, 6.07) is -9.45. The van der Waals surface area contributed by atoms with Gasteiger partial charge in [-0.2, -0.15) is 0 Å². The second kappa shape index (κ2) is 49.0. The Morgan fingerprint density at radius 1 is 0.396 bits per heavy atom. The van der Waals surface area contributed by atoms with Crippen molar-refractivity contribution in [1.82, 2.24) is 14.2 Å². The summed E-state index contributed by atoms with van der Waals surface area (Å²) in [6.07, 6.45) is -82.5. The Morgan fingerprint density at radius 2 is 0.772 bits per heavy atom. The van der Waals surface area contributed by atoms with E-state index in [1.54, 1.807) is 0 Å². The number of methoxy groups -OCH3 is 1. The zero-order valence-corrected chi connectivity index (χ0v) is 79.7. The normalized spacial score (nSPS) is 39.2. The summed E-state index contributed by atoms with van der Waals surface area (Å²) in [5, 5.41) is 93.4. The summed E-state index contributed by atoms with van der Waals surface area (Å²) < 4.78 is 402. The molecule has 5 rings (SSSR count). The Morgan fingerprint density at radius 3 is 1.18 bits per heavy atom. The standard InChI is InChI=1S/C31H53N3O49S8.10Na/c1-69-27-9(33-85(48,49)50)13(37)17(6(74-27)3-71-88(57,58)59)76-31-22(83-91(66,67)68)16(40)21(24(81-31)26(43)44)79-29-10(34-86(51,52)53)19(82-90(63,64)65)18(7(75-29)4-72-89(60,61)62)77-30-15(39)14(38)20(23(80-30)25(41)42)78-28-8(32-84(45,46)47)12(36)11(35)5(73-28)2-70-87(54,55)56;;;;;;;;;;/h5-24,27-40H,2-4H2,1H3,(H,41,42)(H,43,44)(H,45,46,47)(H,48,49,50)(H,51,52,53)(H,54,55,56)(H,57,58,59)(H,60,61,62)(H,63,64,65)(H,66,67,68);;;;;;;;;;/q;10*+1/p-10/t5-,6-,7-,8-,9-,10-,11-,12-,13-,14-,15+,16+,17-,18+,19-,20+,21+,22-,23+,24-,27+,28-,29-,30-,31-;;;;;;;;;;/m1........../s1/i14D,15D,20D,23D,30D;;;;;;;;;;. The second-order valence-electron chi connectivity index (χ2n) is 17.8. The van der Waals surface area contributed by atoms with Gasteiger partial charge in [-0.3, -0.25) is 20.9 Å². The molecule has 0 saturated carbocycles. The van der Waals surface area contributed by atoms with Crippen LogP contribution in [-0.4, -0.2) is 326 Å². The van der Waals surface area contributed by atoms with Crippen molar-refractivity contribution in [2.45, 2.75) is 153 Å². The summed E-state index contributed by atoms with van der Waals surface area (Å²) in [4.78, 5) is 25.9. The minimum Gasteiger partial charge on any atom is -0.735 e. The maximum Gasteiger partial charge on any atom is 1.00 e. The van der Waals surface area contributed by atoms with Gasteiger partial charge in [0.2, 0.25) is 52.0 Å². The van der Waals surface area contributed by atoms with Crippen LogP contribution in [0.25, 0.3) is 0 Å². The molecule has 534 valence electrons. The summed E-state index contributed by atoms with van der Waals surface area (Å²) in [5.41, 5.74) is 0. The first-order chi connectivity index (χ1) is 42.9. The number of aliphatic hydroxyl groups is 6. The third kappa shape index (κ3) is 38.3. The average molecular weight is 1730 g/mol. The van der Waals surface area contributed by atoms with E-state index in [9.17, 15) is 154 Å². The molecule has 0 unspecified atom stereocenters. The van der Waals surface area contributed by atoms with Crippen LogP contribution in [0.15, 0.2) is 0 Å². The molecule has 0 aromatic carbocycles. The van der Waals surface area contributed by atoms with Gasteiger partial charge < -0.3 is 134 Å². The van der Waals surface area contributed by atoms with Crippen molar-refractivity contribution >= 4 is 94.8 Å². The van der Waals surface area contributed by atoms with Gasteiger partial charge in [-0.1, -0.05) is 0 Å². The van der Waals surface area contributed by atoms with E-state index in [-0.39, 0.29) is 296 Å². The Hall–Kier alpha value is 7.26. The van der Waals surface area contributed by atoms with Crippen molar-refractivity contribution in [3.8, 4) is 0 Å². The Bertz CT molecular complexity index is 3830. The van der Waals surface area contributed by atoms with E-state index in [2.05, 4.69) is 25.7 Å². The molecule has 0 aliphatic carbocycles. The first kappa shape index (κ1) is 108. The van der Waals surface area contributed by atoms with Crippen molar-refractivity contribution in [2.24, 2.45) is 0 Å². The summed E-state index contributed by atoms with van der Waals surface area (Å²) in [6.45, 7) is -6.06. The maximum atomic E-state index is 13.0. The van der Waals surface area contributed by atoms with Crippen LogP contribution in [0, 0.1) is 0 Å². The first-order valence-corrected chi connectivity index (χ1v) is 33.7. The molecule has 5 aliphatic rings. The fourth-order valence-corrected chi connectivity index (χ4v) is 12.0.